The molecule has 0 fully saturated rings. The zero-order valence-corrected chi connectivity index (χ0v) is 7.97. The fourth-order valence-electron chi connectivity index (χ4n) is 0.659. The molecule has 62 valence electrons. The van der Waals surface area contributed by atoms with E-state index in [9.17, 15) is 0 Å². The molecule has 0 unspecified atom stereocenters. The van der Waals surface area contributed by atoms with Crippen molar-refractivity contribution in [1.29, 1.82) is 0 Å². The van der Waals surface area contributed by atoms with Crippen molar-refractivity contribution in [3.8, 4) is 0 Å². The molecule has 0 atom stereocenters. The number of aliphatic hydroxyl groups is 1. The number of hydrogen-bond acceptors (Lipinski definition) is 1. The van der Waals surface area contributed by atoms with Crippen LogP contribution in [0.1, 0.15) is 20.3 Å². The largest absolute Gasteiger partial charge is 0.487 e. The van der Waals surface area contributed by atoms with Gasteiger partial charge in [0.25, 0.3) is 5.17 Å². The summed E-state index contributed by atoms with van der Waals surface area (Å²) in [6.45, 7) is 5.67. The van der Waals surface area contributed by atoms with Gasteiger partial charge >= 0.3 is 0 Å². The molecule has 2 nitrogen and oxygen atoms in total. The van der Waals surface area contributed by atoms with Crippen LogP contribution < -0.4 is 0 Å². The van der Waals surface area contributed by atoms with Gasteiger partial charge in [-0.15, -0.1) is 12.4 Å². The molecule has 0 saturated carbocycles. The van der Waals surface area contributed by atoms with E-state index in [1.165, 1.54) is 0 Å². The maximum Gasteiger partial charge on any atom is 0.256 e. The summed E-state index contributed by atoms with van der Waals surface area (Å²) in [6.07, 6.45) is 1.02. The van der Waals surface area contributed by atoms with Crippen LogP contribution in [-0.2, 0) is 0 Å². The average Bonchev–Trinajstić information content (AvgIpc) is 1.82. The SMILES string of the molecule is CCCN(CC)C(O)=S.Cl. The minimum absolute atomic E-state index is 0. The lowest BCUT2D eigenvalue weighted by molar-refractivity contribution is 0.357. The molecule has 4 heteroatoms. The predicted molar refractivity (Wildman–Crippen MR) is 50.0 cm³/mol. The van der Waals surface area contributed by atoms with Crippen LogP contribution in [0.4, 0.5) is 0 Å². The average molecular weight is 184 g/mol. The zero-order chi connectivity index (χ0) is 7.28. The van der Waals surface area contributed by atoms with Gasteiger partial charge < -0.3 is 10.0 Å². The molecular formula is C6H14ClNOS. The van der Waals surface area contributed by atoms with E-state index in [0.29, 0.717) is 0 Å². The van der Waals surface area contributed by atoms with Crippen LogP contribution in [0.25, 0.3) is 0 Å². The van der Waals surface area contributed by atoms with Crippen LogP contribution in [0.3, 0.4) is 0 Å². The zero-order valence-electron chi connectivity index (χ0n) is 6.33. The molecule has 0 radical (unpaired) electrons. The third-order valence-corrected chi connectivity index (χ3v) is 1.40. The molecule has 0 rings (SSSR count). The van der Waals surface area contributed by atoms with Gasteiger partial charge in [-0.3, -0.25) is 0 Å². The summed E-state index contributed by atoms with van der Waals surface area (Å²) in [5.41, 5.74) is 0. The fourth-order valence-corrected chi connectivity index (χ4v) is 0.879. The van der Waals surface area contributed by atoms with Crippen molar-refractivity contribution < 1.29 is 5.11 Å². The Bertz CT molecular complexity index is 99.7. The number of rotatable bonds is 3. The Hall–Kier alpha value is -0.0200. The van der Waals surface area contributed by atoms with E-state index in [2.05, 4.69) is 19.1 Å². The van der Waals surface area contributed by atoms with Crippen LogP contribution in [0, 0.1) is 0 Å². The first-order valence-corrected chi connectivity index (χ1v) is 3.61. The molecule has 0 aliphatic heterocycles. The standard InChI is InChI=1S/C6H13NOS.ClH/c1-3-5-7(4-2)6(8)9;/h3-5H2,1-2H3,(H,8,9);1H. The highest BCUT2D eigenvalue weighted by atomic mass is 35.5. The van der Waals surface area contributed by atoms with Crippen LogP contribution in [0.15, 0.2) is 0 Å². The van der Waals surface area contributed by atoms with Gasteiger partial charge in [-0.05, 0) is 25.6 Å². The van der Waals surface area contributed by atoms with Crippen LogP contribution in [0.5, 0.6) is 0 Å². The molecule has 0 aromatic heterocycles. The number of thiocarbonyl (C=S) groups is 1. The molecule has 1 N–H and O–H groups in total. The van der Waals surface area contributed by atoms with Crippen molar-refractivity contribution >= 4 is 29.8 Å². The lowest BCUT2D eigenvalue weighted by Gasteiger charge is -2.17. The smallest absolute Gasteiger partial charge is 0.256 e. The number of aliphatic hydroxyl groups excluding tert-OH is 1. The lowest BCUT2D eigenvalue weighted by Crippen LogP contribution is -2.29. The highest BCUT2D eigenvalue weighted by molar-refractivity contribution is 7.79. The minimum Gasteiger partial charge on any atom is -0.487 e. The topological polar surface area (TPSA) is 23.5 Å². The van der Waals surface area contributed by atoms with Crippen molar-refractivity contribution in [3.63, 3.8) is 0 Å². The number of halogens is 1. The molecule has 0 bridgehead atoms. The van der Waals surface area contributed by atoms with Crippen molar-refractivity contribution in [3.05, 3.63) is 0 Å². The van der Waals surface area contributed by atoms with Gasteiger partial charge in [-0.25, -0.2) is 0 Å². The molecule has 0 heterocycles. The first-order chi connectivity index (χ1) is 4.22. The van der Waals surface area contributed by atoms with Gasteiger partial charge in [-0.2, -0.15) is 0 Å². The number of hydrogen-bond donors (Lipinski definition) is 1. The van der Waals surface area contributed by atoms with E-state index < -0.39 is 0 Å². The van der Waals surface area contributed by atoms with Crippen molar-refractivity contribution in [2.75, 3.05) is 13.1 Å². The van der Waals surface area contributed by atoms with Gasteiger partial charge in [0, 0.05) is 13.1 Å². The van der Waals surface area contributed by atoms with Crippen LogP contribution in [0.2, 0.25) is 0 Å². The summed E-state index contributed by atoms with van der Waals surface area (Å²) >= 11 is 4.56. The van der Waals surface area contributed by atoms with Crippen LogP contribution in [-0.4, -0.2) is 28.3 Å². The maximum absolute atomic E-state index is 8.80. The van der Waals surface area contributed by atoms with E-state index in [4.69, 9.17) is 5.11 Å². The summed E-state index contributed by atoms with van der Waals surface area (Å²) in [5, 5.41) is 8.81. The van der Waals surface area contributed by atoms with E-state index in [1.54, 1.807) is 4.90 Å². The fraction of sp³-hybridized carbons (Fsp3) is 0.833. The molecule has 0 saturated heterocycles. The Balaban J connectivity index is 0. The van der Waals surface area contributed by atoms with Gasteiger partial charge in [0.05, 0.1) is 0 Å². The molecule has 10 heavy (non-hydrogen) atoms. The van der Waals surface area contributed by atoms with Gasteiger partial charge in [0.2, 0.25) is 0 Å². The third kappa shape index (κ3) is 4.82. The van der Waals surface area contributed by atoms with Gasteiger partial charge in [0.1, 0.15) is 0 Å². The van der Waals surface area contributed by atoms with E-state index in [0.717, 1.165) is 19.5 Å². The second kappa shape index (κ2) is 7.09. The highest BCUT2D eigenvalue weighted by Crippen LogP contribution is 1.90. The van der Waals surface area contributed by atoms with Gasteiger partial charge in [0.15, 0.2) is 0 Å². The summed E-state index contributed by atoms with van der Waals surface area (Å²) in [6, 6.07) is 0. The van der Waals surface area contributed by atoms with E-state index in [-0.39, 0.29) is 17.6 Å². The Morgan fingerprint density at radius 3 is 2.10 bits per heavy atom. The molecule has 0 spiro atoms. The van der Waals surface area contributed by atoms with E-state index in [1.807, 2.05) is 6.92 Å². The van der Waals surface area contributed by atoms with E-state index >= 15 is 0 Å². The quantitative estimate of drug-likeness (QED) is 0.677. The van der Waals surface area contributed by atoms with Crippen LogP contribution >= 0.6 is 24.6 Å². The molecule has 0 aromatic rings. The Kier molecular flexibility index (Phi) is 8.96. The maximum atomic E-state index is 8.80. The molecule has 0 aliphatic carbocycles. The summed E-state index contributed by atoms with van der Waals surface area (Å²) in [7, 11) is 0. The Labute approximate surface area is 73.6 Å². The number of nitrogens with zero attached hydrogens (tertiary/aromatic N) is 1. The van der Waals surface area contributed by atoms with Crippen molar-refractivity contribution in [1.82, 2.24) is 4.90 Å². The predicted octanol–water partition coefficient (Wildman–Crippen LogP) is 1.98. The molecular weight excluding hydrogens is 170 g/mol. The summed E-state index contributed by atoms with van der Waals surface area (Å²) < 4.78 is 0. The first-order valence-electron chi connectivity index (χ1n) is 3.20. The second-order valence-electron chi connectivity index (χ2n) is 1.86. The Morgan fingerprint density at radius 1 is 1.50 bits per heavy atom. The van der Waals surface area contributed by atoms with Crippen molar-refractivity contribution in [2.45, 2.75) is 20.3 Å². The lowest BCUT2D eigenvalue weighted by atomic mass is 10.4. The monoisotopic (exact) mass is 183 g/mol. The Morgan fingerprint density at radius 2 is 2.00 bits per heavy atom. The first kappa shape index (κ1) is 12.6. The molecule has 0 aromatic carbocycles. The normalized spacial score (nSPS) is 8.20. The second-order valence-corrected chi connectivity index (χ2v) is 2.23. The molecule has 0 amide bonds. The molecule has 0 aliphatic rings. The third-order valence-electron chi connectivity index (χ3n) is 1.15. The highest BCUT2D eigenvalue weighted by Gasteiger charge is 2.00. The summed E-state index contributed by atoms with van der Waals surface area (Å²) in [5.74, 6) is 0. The minimum atomic E-state index is 0. The van der Waals surface area contributed by atoms with Crippen molar-refractivity contribution in [2.24, 2.45) is 0 Å². The summed E-state index contributed by atoms with van der Waals surface area (Å²) in [4.78, 5) is 1.76. The van der Waals surface area contributed by atoms with Gasteiger partial charge in [-0.1, -0.05) is 6.92 Å².